The Morgan fingerprint density at radius 3 is 2.33 bits per heavy atom. The van der Waals surface area contributed by atoms with Crippen LogP contribution in [0.4, 0.5) is 16.2 Å². The molecule has 2 aromatic rings. The molecule has 4 rings (SSSR count). The van der Waals surface area contributed by atoms with Crippen molar-refractivity contribution >= 4 is 35.2 Å². The molecule has 2 aromatic carbocycles. The van der Waals surface area contributed by atoms with E-state index in [9.17, 15) is 19.2 Å². The van der Waals surface area contributed by atoms with Crippen molar-refractivity contribution in [3.63, 3.8) is 0 Å². The van der Waals surface area contributed by atoms with Crippen molar-refractivity contribution in [2.75, 3.05) is 49.7 Å². The highest BCUT2D eigenvalue weighted by Gasteiger charge is 2.33. The van der Waals surface area contributed by atoms with E-state index in [4.69, 9.17) is 9.47 Å². The smallest absolute Gasteiger partial charge is 0.414 e. The summed E-state index contributed by atoms with van der Waals surface area (Å²) in [6.45, 7) is 1.43. The van der Waals surface area contributed by atoms with E-state index in [0.717, 1.165) is 5.69 Å². The zero-order valence-electron chi connectivity index (χ0n) is 18.1. The Labute approximate surface area is 190 Å². The maximum Gasteiger partial charge on any atom is 0.414 e. The first kappa shape index (κ1) is 22.3. The fourth-order valence-corrected chi connectivity index (χ4v) is 3.70. The average molecular weight is 452 g/mol. The fraction of sp³-hybridized carbons (Fsp3) is 0.304. The topological polar surface area (TPSA) is 117 Å². The van der Waals surface area contributed by atoms with Crippen molar-refractivity contribution < 1.29 is 28.7 Å². The summed E-state index contributed by atoms with van der Waals surface area (Å²) in [6, 6.07) is 13.4. The van der Waals surface area contributed by atoms with Crippen LogP contribution >= 0.6 is 0 Å². The second kappa shape index (κ2) is 9.70. The molecule has 0 aliphatic carbocycles. The van der Waals surface area contributed by atoms with E-state index in [-0.39, 0.29) is 37.4 Å². The van der Waals surface area contributed by atoms with Gasteiger partial charge in [-0.25, -0.2) is 4.79 Å². The maximum absolute atomic E-state index is 12.5. The highest BCUT2D eigenvalue weighted by atomic mass is 16.6. The van der Waals surface area contributed by atoms with Crippen molar-refractivity contribution in [1.82, 2.24) is 10.6 Å². The van der Waals surface area contributed by atoms with Crippen molar-refractivity contribution in [3.05, 3.63) is 59.7 Å². The lowest BCUT2D eigenvalue weighted by Gasteiger charge is -2.27. The molecule has 10 heteroatoms. The summed E-state index contributed by atoms with van der Waals surface area (Å²) in [4.78, 5) is 51.7. The predicted octanol–water partition coefficient (Wildman–Crippen LogP) is 1.16. The second-order valence-electron chi connectivity index (χ2n) is 7.60. The summed E-state index contributed by atoms with van der Waals surface area (Å²) in [5, 5.41) is 5.26. The molecule has 0 bridgehead atoms. The lowest BCUT2D eigenvalue weighted by molar-refractivity contribution is -0.125. The molecule has 10 nitrogen and oxygen atoms in total. The van der Waals surface area contributed by atoms with Crippen LogP contribution in [0.5, 0.6) is 0 Å². The summed E-state index contributed by atoms with van der Waals surface area (Å²) in [6.07, 6.45) is -1.03. The molecule has 1 atom stereocenters. The van der Waals surface area contributed by atoms with Gasteiger partial charge in [-0.05, 0) is 42.5 Å². The Kier molecular flexibility index (Phi) is 6.55. The van der Waals surface area contributed by atoms with Crippen LogP contribution in [-0.4, -0.2) is 69.8 Å². The second-order valence-corrected chi connectivity index (χ2v) is 7.60. The van der Waals surface area contributed by atoms with Gasteiger partial charge in [-0.1, -0.05) is 6.07 Å². The molecule has 2 N–H and O–H groups in total. The average Bonchev–Trinajstić information content (AvgIpc) is 3.23. The lowest BCUT2D eigenvalue weighted by Crippen LogP contribution is -2.41. The number of benzene rings is 2. The maximum atomic E-state index is 12.5. The van der Waals surface area contributed by atoms with Gasteiger partial charge in [0.1, 0.15) is 12.7 Å². The SMILES string of the molecule is CNC(=O)c1cccc(C(=O)NC[C@H]2CN(c3ccc(N4CCOCC4=O)cc3)C(=O)O2)c1. The summed E-state index contributed by atoms with van der Waals surface area (Å²) in [7, 11) is 1.52. The highest BCUT2D eigenvalue weighted by Crippen LogP contribution is 2.25. The van der Waals surface area contributed by atoms with Gasteiger partial charge in [-0.3, -0.25) is 19.3 Å². The Morgan fingerprint density at radius 2 is 1.67 bits per heavy atom. The minimum atomic E-state index is -0.524. The van der Waals surface area contributed by atoms with Gasteiger partial charge in [-0.2, -0.15) is 0 Å². The Balaban J connectivity index is 1.34. The molecular weight excluding hydrogens is 428 g/mol. The molecule has 33 heavy (non-hydrogen) atoms. The Morgan fingerprint density at radius 1 is 1.00 bits per heavy atom. The van der Waals surface area contributed by atoms with E-state index in [1.807, 2.05) is 0 Å². The van der Waals surface area contributed by atoms with Crippen LogP contribution in [0.1, 0.15) is 20.7 Å². The van der Waals surface area contributed by atoms with E-state index in [1.165, 1.54) is 18.0 Å². The van der Waals surface area contributed by atoms with Crippen LogP contribution in [0.3, 0.4) is 0 Å². The van der Waals surface area contributed by atoms with Gasteiger partial charge in [0.15, 0.2) is 0 Å². The first-order valence-corrected chi connectivity index (χ1v) is 10.5. The number of nitrogens with zero attached hydrogens (tertiary/aromatic N) is 2. The van der Waals surface area contributed by atoms with Gasteiger partial charge in [0.05, 0.1) is 19.7 Å². The van der Waals surface area contributed by atoms with E-state index < -0.39 is 12.2 Å². The molecule has 2 heterocycles. The number of anilines is 2. The van der Waals surface area contributed by atoms with Gasteiger partial charge in [0, 0.05) is 36.1 Å². The van der Waals surface area contributed by atoms with Gasteiger partial charge >= 0.3 is 6.09 Å². The molecular formula is C23H24N4O6. The number of carbonyl (C=O) groups is 4. The normalized spacial score (nSPS) is 18.2. The molecule has 0 aromatic heterocycles. The number of nitrogens with one attached hydrogen (secondary N) is 2. The molecule has 2 saturated heterocycles. The van der Waals surface area contributed by atoms with Crippen molar-refractivity contribution in [2.24, 2.45) is 0 Å². The number of rotatable bonds is 6. The van der Waals surface area contributed by atoms with Gasteiger partial charge in [0.25, 0.3) is 17.7 Å². The number of hydrogen-bond acceptors (Lipinski definition) is 6. The fourth-order valence-electron chi connectivity index (χ4n) is 3.70. The monoisotopic (exact) mass is 452 g/mol. The first-order valence-electron chi connectivity index (χ1n) is 10.5. The number of morpholine rings is 1. The minimum Gasteiger partial charge on any atom is -0.442 e. The molecule has 0 saturated carbocycles. The van der Waals surface area contributed by atoms with Crippen LogP contribution in [-0.2, 0) is 14.3 Å². The third kappa shape index (κ3) is 4.96. The van der Waals surface area contributed by atoms with Crippen molar-refractivity contribution in [3.8, 4) is 0 Å². The summed E-state index contributed by atoms with van der Waals surface area (Å²) in [5.41, 5.74) is 2.09. The van der Waals surface area contributed by atoms with Gasteiger partial charge < -0.3 is 25.0 Å². The van der Waals surface area contributed by atoms with E-state index in [0.29, 0.717) is 30.0 Å². The molecule has 0 radical (unpaired) electrons. The Hall–Kier alpha value is -3.92. The summed E-state index contributed by atoms with van der Waals surface area (Å²) >= 11 is 0. The molecule has 2 aliphatic rings. The summed E-state index contributed by atoms with van der Waals surface area (Å²) in [5.74, 6) is -0.755. The van der Waals surface area contributed by atoms with Crippen LogP contribution in [0.25, 0.3) is 0 Å². The predicted molar refractivity (Wildman–Crippen MR) is 119 cm³/mol. The molecule has 0 spiro atoms. The summed E-state index contributed by atoms with van der Waals surface area (Å²) < 4.78 is 10.5. The van der Waals surface area contributed by atoms with Crippen LogP contribution in [0, 0.1) is 0 Å². The molecule has 2 fully saturated rings. The van der Waals surface area contributed by atoms with Crippen LogP contribution < -0.4 is 20.4 Å². The van der Waals surface area contributed by atoms with Gasteiger partial charge in [0.2, 0.25) is 0 Å². The first-order chi connectivity index (χ1) is 16.0. The molecule has 0 unspecified atom stereocenters. The number of amides is 4. The molecule has 172 valence electrons. The lowest BCUT2D eigenvalue weighted by atomic mass is 10.1. The zero-order chi connectivity index (χ0) is 23.4. The highest BCUT2D eigenvalue weighted by molar-refractivity contribution is 5.99. The van der Waals surface area contributed by atoms with Crippen LogP contribution in [0.2, 0.25) is 0 Å². The van der Waals surface area contributed by atoms with E-state index in [2.05, 4.69) is 10.6 Å². The number of hydrogen-bond donors (Lipinski definition) is 2. The molecule has 2 aliphatic heterocycles. The Bertz CT molecular complexity index is 1070. The van der Waals surface area contributed by atoms with Gasteiger partial charge in [-0.15, -0.1) is 0 Å². The largest absolute Gasteiger partial charge is 0.442 e. The van der Waals surface area contributed by atoms with Crippen molar-refractivity contribution in [1.29, 1.82) is 0 Å². The quantitative estimate of drug-likeness (QED) is 0.680. The van der Waals surface area contributed by atoms with E-state index in [1.54, 1.807) is 47.4 Å². The third-order valence-electron chi connectivity index (χ3n) is 5.44. The van der Waals surface area contributed by atoms with Crippen LogP contribution in [0.15, 0.2) is 48.5 Å². The zero-order valence-corrected chi connectivity index (χ0v) is 18.1. The van der Waals surface area contributed by atoms with Crippen molar-refractivity contribution in [2.45, 2.75) is 6.10 Å². The number of ether oxygens (including phenoxy) is 2. The third-order valence-corrected chi connectivity index (χ3v) is 5.44. The standard InChI is InChI=1S/C23H24N4O6/c1-24-21(29)15-3-2-4-16(11-15)22(30)25-12-19-13-27(23(31)33-19)18-7-5-17(6-8-18)26-9-10-32-14-20(26)28/h2-8,11,19H,9-10,12-14H2,1H3,(H,24,29)(H,25,30)/t19-/m0/s1. The van der Waals surface area contributed by atoms with E-state index >= 15 is 0 Å². The number of cyclic esters (lactones) is 1. The molecule has 4 amide bonds. The number of carbonyl (C=O) groups excluding carboxylic acids is 4. The minimum absolute atomic E-state index is 0.0592.